The van der Waals surface area contributed by atoms with E-state index in [0.29, 0.717) is 17.9 Å². The van der Waals surface area contributed by atoms with Crippen LogP contribution in [0.4, 0.5) is 4.39 Å². The lowest BCUT2D eigenvalue weighted by Gasteiger charge is -2.25. The lowest BCUT2D eigenvalue weighted by atomic mass is 9.86. The molecular formula is C17H28FNO. The molecule has 0 aliphatic heterocycles. The number of methoxy groups -OCH3 is 1. The van der Waals surface area contributed by atoms with Crippen LogP contribution in [0.25, 0.3) is 0 Å². The second kappa shape index (κ2) is 9.09. The smallest absolute Gasteiger partial charge is 0.123 e. The molecule has 0 spiro atoms. The van der Waals surface area contributed by atoms with Gasteiger partial charge in [0.1, 0.15) is 5.82 Å². The van der Waals surface area contributed by atoms with Crippen LogP contribution >= 0.6 is 0 Å². The molecule has 1 rings (SSSR count). The molecule has 2 nitrogen and oxygen atoms in total. The van der Waals surface area contributed by atoms with Crippen LogP contribution in [0, 0.1) is 17.7 Å². The summed E-state index contributed by atoms with van der Waals surface area (Å²) in [6, 6.07) is 7.35. The van der Waals surface area contributed by atoms with E-state index in [1.54, 1.807) is 19.2 Å². The molecule has 0 fully saturated rings. The zero-order valence-electron chi connectivity index (χ0n) is 13.2. The minimum atomic E-state index is -0.168. The van der Waals surface area contributed by atoms with Gasteiger partial charge in [0.15, 0.2) is 0 Å². The summed E-state index contributed by atoms with van der Waals surface area (Å²) in [5.41, 5.74) is 1.20. The first-order valence-electron chi connectivity index (χ1n) is 7.49. The van der Waals surface area contributed by atoms with Crippen molar-refractivity contribution in [1.82, 2.24) is 5.32 Å². The molecule has 0 bridgehead atoms. The van der Waals surface area contributed by atoms with Crippen LogP contribution in [0.3, 0.4) is 0 Å². The van der Waals surface area contributed by atoms with Crippen LogP contribution in [0.15, 0.2) is 24.3 Å². The molecule has 0 aromatic heterocycles. The van der Waals surface area contributed by atoms with Gasteiger partial charge in [-0.2, -0.15) is 0 Å². The molecule has 2 unspecified atom stereocenters. The average Bonchev–Trinajstić information content (AvgIpc) is 2.42. The number of ether oxygens (including phenoxy) is 1. The highest BCUT2D eigenvalue weighted by Crippen LogP contribution is 2.20. The van der Waals surface area contributed by atoms with Gasteiger partial charge in [-0.05, 0) is 48.9 Å². The molecule has 3 heteroatoms. The van der Waals surface area contributed by atoms with Gasteiger partial charge in [-0.15, -0.1) is 0 Å². The highest BCUT2D eigenvalue weighted by atomic mass is 19.1. The zero-order valence-corrected chi connectivity index (χ0v) is 13.2. The summed E-state index contributed by atoms with van der Waals surface area (Å²) in [4.78, 5) is 0. The molecule has 20 heavy (non-hydrogen) atoms. The second-order valence-corrected chi connectivity index (χ2v) is 5.91. The Morgan fingerprint density at radius 3 is 2.35 bits per heavy atom. The van der Waals surface area contributed by atoms with Gasteiger partial charge in [0, 0.05) is 19.8 Å². The molecule has 2 atom stereocenters. The Labute approximate surface area is 122 Å². The van der Waals surface area contributed by atoms with Crippen LogP contribution in [-0.4, -0.2) is 26.3 Å². The molecule has 1 N–H and O–H groups in total. The fraction of sp³-hybridized carbons (Fsp3) is 0.647. The Bertz CT molecular complexity index is 364. The van der Waals surface area contributed by atoms with E-state index in [9.17, 15) is 4.39 Å². The summed E-state index contributed by atoms with van der Waals surface area (Å²) in [6.45, 7) is 8.38. The maximum Gasteiger partial charge on any atom is 0.123 e. The van der Waals surface area contributed by atoms with Crippen LogP contribution < -0.4 is 5.32 Å². The van der Waals surface area contributed by atoms with E-state index in [2.05, 4.69) is 26.1 Å². The van der Waals surface area contributed by atoms with Gasteiger partial charge in [-0.1, -0.05) is 32.9 Å². The summed E-state index contributed by atoms with van der Waals surface area (Å²) in [5, 5.41) is 3.52. The van der Waals surface area contributed by atoms with Gasteiger partial charge >= 0.3 is 0 Å². The fourth-order valence-electron chi connectivity index (χ4n) is 2.32. The molecular weight excluding hydrogens is 253 g/mol. The molecule has 0 amide bonds. The van der Waals surface area contributed by atoms with Gasteiger partial charge in [0.2, 0.25) is 0 Å². The van der Waals surface area contributed by atoms with E-state index in [1.165, 1.54) is 5.56 Å². The Hall–Kier alpha value is -0.930. The number of hydrogen-bond acceptors (Lipinski definition) is 2. The first-order valence-corrected chi connectivity index (χ1v) is 7.49. The third-order valence-corrected chi connectivity index (χ3v) is 3.78. The molecule has 0 saturated carbocycles. The molecule has 114 valence electrons. The van der Waals surface area contributed by atoms with Gasteiger partial charge < -0.3 is 10.1 Å². The van der Waals surface area contributed by atoms with Gasteiger partial charge in [-0.3, -0.25) is 0 Å². The first kappa shape index (κ1) is 17.1. The summed E-state index contributed by atoms with van der Waals surface area (Å²) in [5.74, 6) is 0.947. The number of nitrogens with one attached hydrogen (secondary N) is 1. The molecule has 0 radical (unpaired) electrons. The molecule has 1 aromatic rings. The first-order chi connectivity index (χ1) is 9.52. The minimum absolute atomic E-state index is 0.168. The number of hydrogen-bond donors (Lipinski definition) is 1. The van der Waals surface area contributed by atoms with Crippen LogP contribution in [0.1, 0.15) is 32.8 Å². The number of halogens is 1. The molecule has 0 heterocycles. The molecule has 0 aliphatic carbocycles. The van der Waals surface area contributed by atoms with Crippen molar-refractivity contribution in [3.8, 4) is 0 Å². The summed E-state index contributed by atoms with van der Waals surface area (Å²) < 4.78 is 18.2. The van der Waals surface area contributed by atoms with Gasteiger partial charge in [0.05, 0.1) is 0 Å². The van der Waals surface area contributed by atoms with E-state index in [1.807, 2.05) is 12.1 Å². The SMILES string of the molecule is COCCC(C)C(CNC(C)C)Cc1ccc(F)cc1. The van der Waals surface area contributed by atoms with Crippen LogP contribution in [0.5, 0.6) is 0 Å². The lowest BCUT2D eigenvalue weighted by Crippen LogP contribution is -2.33. The third kappa shape index (κ3) is 6.49. The van der Waals surface area contributed by atoms with Crippen LogP contribution in [0.2, 0.25) is 0 Å². The average molecular weight is 281 g/mol. The van der Waals surface area contributed by atoms with Crippen molar-refractivity contribution in [2.75, 3.05) is 20.3 Å². The lowest BCUT2D eigenvalue weighted by molar-refractivity contribution is 0.163. The monoisotopic (exact) mass is 281 g/mol. The van der Waals surface area contributed by atoms with Crippen molar-refractivity contribution >= 4 is 0 Å². The zero-order chi connectivity index (χ0) is 15.0. The second-order valence-electron chi connectivity index (χ2n) is 5.91. The largest absolute Gasteiger partial charge is 0.385 e. The Morgan fingerprint density at radius 1 is 1.15 bits per heavy atom. The predicted octanol–water partition coefficient (Wildman–Crippen LogP) is 3.66. The quantitative estimate of drug-likeness (QED) is 0.746. The van der Waals surface area contributed by atoms with Crippen molar-refractivity contribution in [2.45, 2.75) is 39.7 Å². The normalized spacial score (nSPS) is 14.5. The standard InChI is InChI=1S/C17H28FNO/c1-13(2)19-12-16(14(3)9-10-20-4)11-15-5-7-17(18)8-6-15/h5-8,13-14,16,19H,9-12H2,1-4H3. The van der Waals surface area contributed by atoms with E-state index < -0.39 is 0 Å². The third-order valence-electron chi connectivity index (χ3n) is 3.78. The highest BCUT2D eigenvalue weighted by molar-refractivity contribution is 5.16. The fourth-order valence-corrected chi connectivity index (χ4v) is 2.32. The van der Waals surface area contributed by atoms with E-state index >= 15 is 0 Å². The summed E-state index contributed by atoms with van der Waals surface area (Å²) in [6.07, 6.45) is 2.03. The molecule has 0 saturated heterocycles. The predicted molar refractivity (Wildman–Crippen MR) is 82.4 cm³/mol. The number of rotatable bonds is 9. The van der Waals surface area contributed by atoms with E-state index in [-0.39, 0.29) is 5.82 Å². The van der Waals surface area contributed by atoms with Crippen molar-refractivity contribution in [3.05, 3.63) is 35.6 Å². The Balaban J connectivity index is 2.62. The Kier molecular flexibility index (Phi) is 7.78. The summed E-state index contributed by atoms with van der Waals surface area (Å²) >= 11 is 0. The maximum atomic E-state index is 13.0. The van der Waals surface area contributed by atoms with Crippen LogP contribution in [-0.2, 0) is 11.2 Å². The van der Waals surface area contributed by atoms with Crippen molar-refractivity contribution in [1.29, 1.82) is 0 Å². The summed E-state index contributed by atoms with van der Waals surface area (Å²) in [7, 11) is 1.74. The maximum absolute atomic E-state index is 13.0. The number of benzene rings is 1. The minimum Gasteiger partial charge on any atom is -0.385 e. The molecule has 0 aliphatic rings. The van der Waals surface area contributed by atoms with E-state index in [4.69, 9.17) is 4.74 Å². The van der Waals surface area contributed by atoms with Gasteiger partial charge in [-0.25, -0.2) is 4.39 Å². The molecule has 1 aromatic carbocycles. The Morgan fingerprint density at radius 2 is 1.80 bits per heavy atom. The topological polar surface area (TPSA) is 21.3 Å². The van der Waals surface area contributed by atoms with Crippen molar-refractivity contribution in [3.63, 3.8) is 0 Å². The highest BCUT2D eigenvalue weighted by Gasteiger charge is 2.18. The van der Waals surface area contributed by atoms with Gasteiger partial charge in [0.25, 0.3) is 0 Å². The van der Waals surface area contributed by atoms with E-state index in [0.717, 1.165) is 26.0 Å². The van der Waals surface area contributed by atoms with Crippen molar-refractivity contribution < 1.29 is 9.13 Å². The van der Waals surface area contributed by atoms with Crippen molar-refractivity contribution in [2.24, 2.45) is 11.8 Å².